The summed E-state index contributed by atoms with van der Waals surface area (Å²) < 4.78 is 15.4. The van der Waals surface area contributed by atoms with Crippen LogP contribution in [0.2, 0.25) is 0 Å². The number of nitrogens with zero attached hydrogens (tertiary/aromatic N) is 1. The summed E-state index contributed by atoms with van der Waals surface area (Å²) in [4.78, 5) is 38.3. The van der Waals surface area contributed by atoms with Crippen LogP contribution < -0.4 is 19.7 Å². The molecule has 3 rings (SSSR count). The lowest BCUT2D eigenvalue weighted by Crippen LogP contribution is -2.39. The Bertz CT molecular complexity index is 943. The molecule has 0 spiro atoms. The van der Waals surface area contributed by atoms with E-state index in [1.165, 1.54) is 7.11 Å². The van der Waals surface area contributed by atoms with Crippen LogP contribution in [0.3, 0.4) is 0 Å². The smallest absolute Gasteiger partial charge is 0.325 e. The molecule has 1 aliphatic heterocycles. The molecule has 8 nitrogen and oxygen atoms in total. The SMILES string of the molecule is COc1cccc(C(=O)NCC(=O)OCC(=O)N2CCCc3cc(OC)ccc32)c1. The van der Waals surface area contributed by atoms with Gasteiger partial charge >= 0.3 is 5.97 Å². The second-order valence-electron chi connectivity index (χ2n) is 6.72. The van der Waals surface area contributed by atoms with E-state index in [-0.39, 0.29) is 19.1 Å². The van der Waals surface area contributed by atoms with E-state index in [0.29, 0.717) is 17.9 Å². The van der Waals surface area contributed by atoms with Crippen molar-refractivity contribution in [3.63, 3.8) is 0 Å². The minimum atomic E-state index is -0.688. The number of nitrogens with one attached hydrogen (secondary N) is 1. The summed E-state index contributed by atoms with van der Waals surface area (Å²) in [6, 6.07) is 12.1. The lowest BCUT2D eigenvalue weighted by Gasteiger charge is -2.29. The molecule has 0 saturated heterocycles. The molecule has 1 aliphatic rings. The van der Waals surface area contributed by atoms with Crippen LogP contribution in [0.5, 0.6) is 11.5 Å². The van der Waals surface area contributed by atoms with Crippen molar-refractivity contribution >= 4 is 23.5 Å². The Morgan fingerprint density at radius 2 is 1.80 bits per heavy atom. The summed E-state index contributed by atoms with van der Waals surface area (Å²) >= 11 is 0. The Labute approximate surface area is 174 Å². The van der Waals surface area contributed by atoms with Gasteiger partial charge in [0.05, 0.1) is 14.2 Å². The van der Waals surface area contributed by atoms with Gasteiger partial charge in [-0.1, -0.05) is 6.07 Å². The van der Waals surface area contributed by atoms with Gasteiger partial charge in [-0.2, -0.15) is 0 Å². The molecule has 0 fully saturated rings. The predicted octanol–water partition coefficient (Wildman–Crippen LogP) is 1.96. The molecule has 158 valence electrons. The lowest BCUT2D eigenvalue weighted by molar-refractivity contribution is -0.146. The van der Waals surface area contributed by atoms with E-state index < -0.39 is 11.9 Å². The van der Waals surface area contributed by atoms with E-state index in [1.807, 2.05) is 12.1 Å². The van der Waals surface area contributed by atoms with Crippen LogP contribution in [0.15, 0.2) is 42.5 Å². The maximum atomic E-state index is 12.6. The van der Waals surface area contributed by atoms with Crippen LogP contribution >= 0.6 is 0 Å². The highest BCUT2D eigenvalue weighted by molar-refractivity contribution is 5.98. The number of anilines is 1. The summed E-state index contributed by atoms with van der Waals surface area (Å²) in [5.41, 5.74) is 2.18. The van der Waals surface area contributed by atoms with E-state index in [2.05, 4.69) is 5.32 Å². The van der Waals surface area contributed by atoms with E-state index in [0.717, 1.165) is 29.8 Å². The summed E-state index contributed by atoms with van der Waals surface area (Å²) in [5, 5.41) is 2.47. The second kappa shape index (κ2) is 9.78. The Hall–Kier alpha value is -3.55. The highest BCUT2D eigenvalue weighted by atomic mass is 16.5. The quantitative estimate of drug-likeness (QED) is 0.699. The number of hydrogen-bond acceptors (Lipinski definition) is 6. The molecule has 0 saturated carbocycles. The number of hydrogen-bond donors (Lipinski definition) is 1. The van der Waals surface area contributed by atoms with Gasteiger partial charge < -0.3 is 24.4 Å². The minimum Gasteiger partial charge on any atom is -0.497 e. The highest BCUT2D eigenvalue weighted by Crippen LogP contribution is 2.30. The van der Waals surface area contributed by atoms with Gasteiger partial charge in [0.25, 0.3) is 11.8 Å². The first-order valence-corrected chi connectivity index (χ1v) is 9.57. The molecular formula is C22H24N2O6. The van der Waals surface area contributed by atoms with Crippen molar-refractivity contribution in [2.45, 2.75) is 12.8 Å². The zero-order valence-corrected chi connectivity index (χ0v) is 17.0. The van der Waals surface area contributed by atoms with Crippen molar-refractivity contribution in [3.05, 3.63) is 53.6 Å². The Balaban J connectivity index is 1.50. The third-order valence-corrected chi connectivity index (χ3v) is 4.79. The first kappa shape index (κ1) is 21.2. The second-order valence-corrected chi connectivity index (χ2v) is 6.72. The molecule has 2 aromatic rings. The van der Waals surface area contributed by atoms with Gasteiger partial charge in [0.15, 0.2) is 6.61 Å². The maximum absolute atomic E-state index is 12.6. The highest BCUT2D eigenvalue weighted by Gasteiger charge is 2.24. The average molecular weight is 412 g/mol. The number of amides is 2. The number of carbonyl (C=O) groups excluding carboxylic acids is 3. The van der Waals surface area contributed by atoms with Crippen LogP contribution in [0.4, 0.5) is 5.69 Å². The molecule has 8 heteroatoms. The van der Waals surface area contributed by atoms with E-state index in [4.69, 9.17) is 14.2 Å². The number of aryl methyl sites for hydroxylation is 1. The third kappa shape index (κ3) is 5.08. The van der Waals surface area contributed by atoms with Gasteiger partial charge in [0, 0.05) is 17.8 Å². The zero-order chi connectivity index (χ0) is 21.5. The monoisotopic (exact) mass is 412 g/mol. The predicted molar refractivity (Wildman–Crippen MR) is 110 cm³/mol. The number of benzene rings is 2. The fraction of sp³-hybridized carbons (Fsp3) is 0.318. The molecule has 2 aromatic carbocycles. The summed E-state index contributed by atoms with van der Waals surface area (Å²) in [6.45, 7) is -0.168. The normalized spacial score (nSPS) is 12.5. The molecule has 1 heterocycles. The lowest BCUT2D eigenvalue weighted by atomic mass is 10.0. The van der Waals surface area contributed by atoms with E-state index in [9.17, 15) is 14.4 Å². The third-order valence-electron chi connectivity index (χ3n) is 4.79. The standard InChI is InChI=1S/C22H24N2O6/c1-28-17-7-3-5-16(12-17)22(27)23-13-21(26)30-14-20(25)24-10-4-6-15-11-18(29-2)8-9-19(15)24/h3,5,7-9,11-12H,4,6,10,13-14H2,1-2H3,(H,23,27). The van der Waals surface area contributed by atoms with Crippen LogP contribution in [0, 0.1) is 0 Å². The van der Waals surface area contributed by atoms with Crippen LogP contribution in [0.1, 0.15) is 22.3 Å². The molecule has 2 amide bonds. The van der Waals surface area contributed by atoms with Crippen LogP contribution in [-0.2, 0) is 20.7 Å². The van der Waals surface area contributed by atoms with Gasteiger partial charge in [0.2, 0.25) is 0 Å². The molecule has 30 heavy (non-hydrogen) atoms. The first-order valence-electron chi connectivity index (χ1n) is 9.57. The summed E-state index contributed by atoms with van der Waals surface area (Å²) in [7, 11) is 3.10. The number of esters is 1. The topological polar surface area (TPSA) is 94.2 Å². The molecule has 0 aliphatic carbocycles. The number of fused-ring (bicyclic) bond motifs is 1. The van der Waals surface area contributed by atoms with Crippen LogP contribution in [-0.4, -0.2) is 51.7 Å². The van der Waals surface area contributed by atoms with Crippen molar-refractivity contribution < 1.29 is 28.6 Å². The van der Waals surface area contributed by atoms with Crippen molar-refractivity contribution in [2.24, 2.45) is 0 Å². The molecule has 0 aromatic heterocycles. The van der Waals surface area contributed by atoms with Gasteiger partial charge in [-0.15, -0.1) is 0 Å². The fourth-order valence-corrected chi connectivity index (χ4v) is 3.25. The van der Waals surface area contributed by atoms with Crippen molar-refractivity contribution in [2.75, 3.05) is 38.8 Å². The Kier molecular flexibility index (Phi) is 6.90. The van der Waals surface area contributed by atoms with Gasteiger partial charge in [-0.3, -0.25) is 14.4 Å². The zero-order valence-electron chi connectivity index (χ0n) is 17.0. The van der Waals surface area contributed by atoms with Gasteiger partial charge in [-0.05, 0) is 54.8 Å². The van der Waals surface area contributed by atoms with E-state index >= 15 is 0 Å². The summed E-state index contributed by atoms with van der Waals surface area (Å²) in [6.07, 6.45) is 1.67. The molecule has 0 radical (unpaired) electrons. The van der Waals surface area contributed by atoms with Crippen molar-refractivity contribution in [1.29, 1.82) is 0 Å². The maximum Gasteiger partial charge on any atom is 0.325 e. The van der Waals surface area contributed by atoms with Gasteiger partial charge in [-0.25, -0.2) is 0 Å². The number of rotatable bonds is 7. The Morgan fingerprint density at radius 3 is 2.57 bits per heavy atom. The van der Waals surface area contributed by atoms with Crippen molar-refractivity contribution in [1.82, 2.24) is 5.32 Å². The average Bonchev–Trinajstić information content (AvgIpc) is 2.80. The summed E-state index contributed by atoms with van der Waals surface area (Å²) in [5.74, 6) is -0.159. The molecular weight excluding hydrogens is 388 g/mol. The first-order chi connectivity index (χ1) is 14.5. The number of ether oxygens (including phenoxy) is 3. The van der Waals surface area contributed by atoms with E-state index in [1.54, 1.807) is 42.3 Å². The number of methoxy groups -OCH3 is 2. The number of carbonyl (C=O) groups is 3. The van der Waals surface area contributed by atoms with Gasteiger partial charge in [0.1, 0.15) is 18.0 Å². The van der Waals surface area contributed by atoms with Crippen LogP contribution in [0.25, 0.3) is 0 Å². The van der Waals surface area contributed by atoms with Crippen molar-refractivity contribution in [3.8, 4) is 11.5 Å². The minimum absolute atomic E-state index is 0.311. The fourth-order valence-electron chi connectivity index (χ4n) is 3.25. The Morgan fingerprint density at radius 1 is 1.03 bits per heavy atom. The molecule has 0 unspecified atom stereocenters. The molecule has 0 atom stereocenters. The largest absolute Gasteiger partial charge is 0.497 e. The molecule has 0 bridgehead atoms. The molecule has 1 N–H and O–H groups in total.